The molecule has 13 nitrogen and oxygen atoms in total. The van der Waals surface area contributed by atoms with Crippen molar-refractivity contribution in [1.29, 1.82) is 0 Å². The summed E-state index contributed by atoms with van der Waals surface area (Å²) in [5, 5.41) is 3.29. The fourth-order valence-electron chi connectivity index (χ4n) is 6.80. The minimum atomic E-state index is -3.97. The van der Waals surface area contributed by atoms with Gasteiger partial charge in [-0.3, -0.25) is 19.1 Å². The molecule has 3 fully saturated rings. The van der Waals surface area contributed by atoms with Gasteiger partial charge in [0.1, 0.15) is 29.0 Å². The highest BCUT2D eigenvalue weighted by atomic mass is 32.2. The highest BCUT2D eigenvalue weighted by Crippen LogP contribution is 2.47. The van der Waals surface area contributed by atoms with E-state index in [9.17, 15) is 27.2 Å². The van der Waals surface area contributed by atoms with Gasteiger partial charge in [0.2, 0.25) is 27.7 Å². The number of nitrogens with one attached hydrogen (secondary N) is 2. The van der Waals surface area contributed by atoms with E-state index in [2.05, 4.69) is 15.0 Å². The van der Waals surface area contributed by atoms with Gasteiger partial charge in [-0.1, -0.05) is 25.0 Å². The first kappa shape index (κ1) is 35.8. The summed E-state index contributed by atoms with van der Waals surface area (Å²) in [6.45, 7) is 5.23. The molecule has 1 aromatic heterocycles. The molecule has 272 valence electrons. The van der Waals surface area contributed by atoms with E-state index in [0.29, 0.717) is 24.6 Å². The molecule has 15 heteroatoms. The molecule has 5 unspecified atom stereocenters. The van der Waals surface area contributed by atoms with Gasteiger partial charge in [-0.05, 0) is 71.4 Å². The van der Waals surface area contributed by atoms with Crippen molar-refractivity contribution in [3.05, 3.63) is 36.2 Å². The molecule has 2 aliphatic heterocycles. The molecule has 4 N–H and O–H groups in total. The Morgan fingerprint density at radius 1 is 1.20 bits per heavy atom. The molecule has 1 aromatic carbocycles. The topological polar surface area (TPSA) is 179 Å². The number of sulfonamides is 1. The summed E-state index contributed by atoms with van der Waals surface area (Å²) in [4.78, 5) is 47.5. The van der Waals surface area contributed by atoms with Crippen molar-refractivity contribution < 1.29 is 41.4 Å². The summed E-state index contributed by atoms with van der Waals surface area (Å²) in [6.07, 6.45) is 7.57. The lowest BCUT2D eigenvalue weighted by atomic mass is 10.1. The summed E-state index contributed by atoms with van der Waals surface area (Å²) in [6, 6.07) is 2.39. The van der Waals surface area contributed by atoms with Gasteiger partial charge in [0.15, 0.2) is 11.6 Å². The summed E-state index contributed by atoms with van der Waals surface area (Å²) in [5.41, 5.74) is 5.08. The Kier molecular flexibility index (Phi) is 9.76. The van der Waals surface area contributed by atoms with Gasteiger partial charge < -0.3 is 30.2 Å². The van der Waals surface area contributed by atoms with Crippen molar-refractivity contribution in [3.63, 3.8) is 0 Å². The lowest BCUT2D eigenvalue weighted by molar-refractivity contribution is -0.140. The van der Waals surface area contributed by atoms with Gasteiger partial charge in [-0.15, -0.1) is 0 Å². The Morgan fingerprint density at radius 2 is 1.96 bits per heavy atom. The van der Waals surface area contributed by atoms with Crippen molar-refractivity contribution in [2.75, 3.05) is 13.7 Å². The molecule has 5 atom stereocenters. The van der Waals surface area contributed by atoms with Crippen LogP contribution < -0.4 is 30.0 Å². The predicted molar refractivity (Wildman–Crippen MR) is 182 cm³/mol. The number of nitrogens with zero attached hydrogens (tertiary/aromatic N) is 2. The molecule has 2 saturated carbocycles. The Bertz CT molecular complexity index is 1820. The van der Waals surface area contributed by atoms with Gasteiger partial charge >= 0.3 is 0 Å². The average molecular weight is 716 g/mol. The molecule has 0 bridgehead atoms. The van der Waals surface area contributed by atoms with Crippen LogP contribution in [0, 0.1) is 11.7 Å². The Balaban J connectivity index is 1.31. The molecule has 4 aliphatic rings. The predicted octanol–water partition coefficient (Wildman–Crippen LogP) is 3.24. The molecular formula is C35H46FN5O8S. The fraction of sp³-hybridized carbons (Fsp3) is 0.600. The van der Waals surface area contributed by atoms with E-state index in [4.69, 9.17) is 19.9 Å². The Morgan fingerprint density at radius 3 is 2.66 bits per heavy atom. The maximum absolute atomic E-state index is 14.7. The van der Waals surface area contributed by atoms with E-state index >= 15 is 0 Å². The summed E-state index contributed by atoms with van der Waals surface area (Å²) in [5.74, 6) is -2.49. The molecular weight excluding hydrogens is 669 g/mol. The third-order valence-electron chi connectivity index (χ3n) is 10.2. The number of amides is 3. The SMILES string of the molecule is COc1c(F)ccc2c(OC3CC4C(=O)NC5(C(=O)NS(=O)(=O)C6(C)CC6)CC5C=CCCCCCC(N)C(=O)N4C3)cc(OC(C)C)nc12. The number of hydrogen-bond acceptors (Lipinski definition) is 10. The number of carbonyl (C=O) groups is 3. The maximum atomic E-state index is 14.7. The van der Waals surface area contributed by atoms with E-state index in [1.54, 1.807) is 13.0 Å². The van der Waals surface area contributed by atoms with Crippen LogP contribution in [-0.2, 0) is 24.4 Å². The number of nitrogens with two attached hydrogens (primary N) is 1. The van der Waals surface area contributed by atoms with Crippen LogP contribution in [0.4, 0.5) is 4.39 Å². The van der Waals surface area contributed by atoms with E-state index in [0.717, 1.165) is 25.7 Å². The first-order valence-electron chi connectivity index (χ1n) is 17.3. The molecule has 1 saturated heterocycles. The Hall–Kier alpha value is -3.98. The quantitative estimate of drug-likeness (QED) is 0.344. The monoisotopic (exact) mass is 715 g/mol. The number of methoxy groups -OCH3 is 1. The smallest absolute Gasteiger partial charge is 0.259 e. The zero-order chi connectivity index (χ0) is 36.0. The van der Waals surface area contributed by atoms with E-state index in [1.165, 1.54) is 24.1 Å². The third kappa shape index (κ3) is 6.98. The molecule has 0 spiro atoms. The largest absolute Gasteiger partial charge is 0.491 e. The molecule has 2 aromatic rings. The van der Waals surface area contributed by atoms with Crippen molar-refractivity contribution in [2.24, 2.45) is 11.7 Å². The third-order valence-corrected chi connectivity index (χ3v) is 12.4. The number of benzene rings is 1. The first-order chi connectivity index (χ1) is 23.7. The molecule has 3 amide bonds. The standard InChI is InChI=1S/C35H46FN5O8S/c1-20(2)48-28-17-27(23-12-13-24(36)30(47-4)29(23)38-28)49-22-16-26-31(42)39-35(33(44)40-50(45,46)34(3)14-15-34)18-21(35)10-8-6-5-7-9-11-25(37)32(43)41(26)19-22/h8,10,12-13,17,20-22,25-26H,5-7,9,11,14-16,18-19,37H2,1-4H3,(H,39,42)(H,40,44). The van der Waals surface area contributed by atoms with E-state index in [1.807, 2.05) is 26.0 Å². The number of fused-ring (bicyclic) bond motifs is 3. The lowest BCUT2D eigenvalue weighted by Crippen LogP contribution is -2.58. The minimum Gasteiger partial charge on any atom is -0.491 e. The second kappa shape index (κ2) is 13.6. The number of carbonyl (C=O) groups excluding carboxylic acids is 3. The van der Waals surface area contributed by atoms with Crippen LogP contribution in [0.15, 0.2) is 30.4 Å². The first-order valence-corrected chi connectivity index (χ1v) is 18.8. The number of aromatic nitrogens is 1. The number of halogens is 1. The van der Waals surface area contributed by atoms with Crippen LogP contribution in [0.2, 0.25) is 0 Å². The minimum absolute atomic E-state index is 0.00238. The fourth-order valence-corrected chi connectivity index (χ4v) is 8.12. The van der Waals surface area contributed by atoms with Gasteiger partial charge in [0.25, 0.3) is 5.91 Å². The summed E-state index contributed by atoms with van der Waals surface area (Å²) < 4.78 is 59.6. The normalized spacial score (nSPS) is 28.2. The lowest BCUT2D eigenvalue weighted by Gasteiger charge is -2.28. The van der Waals surface area contributed by atoms with Crippen molar-refractivity contribution in [3.8, 4) is 17.4 Å². The molecule has 3 heterocycles. The van der Waals surface area contributed by atoms with Gasteiger partial charge in [0, 0.05) is 23.8 Å². The number of ether oxygens (including phenoxy) is 3. The van der Waals surface area contributed by atoms with Crippen molar-refractivity contribution in [1.82, 2.24) is 19.9 Å². The number of pyridine rings is 1. The van der Waals surface area contributed by atoms with Gasteiger partial charge in [-0.2, -0.15) is 0 Å². The van der Waals surface area contributed by atoms with Crippen LogP contribution in [0.1, 0.15) is 78.6 Å². The summed E-state index contributed by atoms with van der Waals surface area (Å²) >= 11 is 0. The number of allylic oxidation sites excluding steroid dienone is 1. The van der Waals surface area contributed by atoms with Gasteiger partial charge in [-0.25, -0.2) is 17.8 Å². The Labute approximate surface area is 291 Å². The number of rotatable bonds is 8. The maximum Gasteiger partial charge on any atom is 0.259 e. The van der Waals surface area contributed by atoms with Crippen LogP contribution in [-0.4, -0.2) is 84.3 Å². The molecule has 2 aliphatic carbocycles. The average Bonchev–Trinajstić information content (AvgIpc) is 3.93. The van der Waals surface area contributed by atoms with Crippen LogP contribution >= 0.6 is 0 Å². The number of hydrogen-bond donors (Lipinski definition) is 3. The van der Waals surface area contributed by atoms with E-state index < -0.39 is 68.0 Å². The van der Waals surface area contributed by atoms with Crippen molar-refractivity contribution >= 4 is 38.6 Å². The van der Waals surface area contributed by atoms with Crippen LogP contribution in [0.25, 0.3) is 10.9 Å². The second-order valence-corrected chi connectivity index (χ2v) is 16.6. The highest BCUT2D eigenvalue weighted by Gasteiger charge is 2.63. The second-order valence-electron chi connectivity index (χ2n) is 14.4. The molecule has 50 heavy (non-hydrogen) atoms. The highest BCUT2D eigenvalue weighted by molar-refractivity contribution is 7.91. The molecule has 6 rings (SSSR count). The zero-order valence-corrected chi connectivity index (χ0v) is 29.7. The molecule has 0 radical (unpaired) electrons. The zero-order valence-electron chi connectivity index (χ0n) is 28.9. The van der Waals surface area contributed by atoms with Gasteiger partial charge in [0.05, 0.1) is 30.5 Å². The van der Waals surface area contributed by atoms with Crippen molar-refractivity contribution in [2.45, 2.75) is 113 Å². The van der Waals surface area contributed by atoms with E-state index in [-0.39, 0.29) is 48.4 Å². The van der Waals surface area contributed by atoms with Crippen LogP contribution in [0.5, 0.6) is 17.4 Å². The summed E-state index contributed by atoms with van der Waals surface area (Å²) in [7, 11) is -2.63. The van der Waals surface area contributed by atoms with Crippen LogP contribution in [0.3, 0.4) is 0 Å².